The number of piperidine rings is 1. The van der Waals surface area contributed by atoms with Crippen LogP contribution in [0.15, 0.2) is 40.9 Å². The molecule has 0 unspecified atom stereocenters. The van der Waals surface area contributed by atoms with Crippen molar-refractivity contribution in [2.75, 3.05) is 13.1 Å². The van der Waals surface area contributed by atoms with Crippen LogP contribution in [0, 0.1) is 18.8 Å². The van der Waals surface area contributed by atoms with Crippen LogP contribution < -0.4 is 5.32 Å². The number of hydrogen-bond acceptors (Lipinski definition) is 3. The summed E-state index contributed by atoms with van der Waals surface area (Å²) in [4.78, 5) is 32.9. The predicted molar refractivity (Wildman–Crippen MR) is 128 cm³/mol. The molecule has 3 fully saturated rings. The minimum absolute atomic E-state index is 0.0256. The SMILES string of the molecule is Cc1ccc(C(=O)N[C@@H]2C[C@H]3CC[C@H]2C3)c(C2CCN(C(=O)c3cccc(Br)c3)CC2)n1. The van der Waals surface area contributed by atoms with Crippen LogP contribution in [0.4, 0.5) is 0 Å². The maximum absolute atomic E-state index is 13.2. The van der Waals surface area contributed by atoms with Gasteiger partial charge in [0.2, 0.25) is 0 Å². The van der Waals surface area contributed by atoms with Gasteiger partial charge in [-0.05, 0) is 81.2 Å². The van der Waals surface area contributed by atoms with E-state index in [-0.39, 0.29) is 17.7 Å². The largest absolute Gasteiger partial charge is 0.349 e. The van der Waals surface area contributed by atoms with Crippen molar-refractivity contribution in [3.05, 3.63) is 63.4 Å². The Morgan fingerprint density at radius 3 is 2.56 bits per heavy atom. The Morgan fingerprint density at radius 1 is 1.06 bits per heavy atom. The zero-order chi connectivity index (χ0) is 22.2. The fraction of sp³-hybridized carbons (Fsp3) is 0.500. The molecular weight excluding hydrogens is 466 g/mol. The molecule has 2 aliphatic carbocycles. The van der Waals surface area contributed by atoms with Gasteiger partial charge in [-0.1, -0.05) is 28.4 Å². The molecule has 2 bridgehead atoms. The molecule has 2 amide bonds. The highest BCUT2D eigenvalue weighted by atomic mass is 79.9. The van der Waals surface area contributed by atoms with Crippen LogP contribution in [-0.4, -0.2) is 40.8 Å². The number of likely N-dealkylation sites (tertiary alicyclic amines) is 1. The first-order chi connectivity index (χ1) is 15.5. The number of fused-ring (bicyclic) bond motifs is 2. The lowest BCUT2D eigenvalue weighted by atomic mass is 9.89. The molecule has 5 nitrogen and oxygen atoms in total. The number of benzene rings is 1. The molecule has 1 aromatic carbocycles. The van der Waals surface area contributed by atoms with Gasteiger partial charge < -0.3 is 10.2 Å². The van der Waals surface area contributed by atoms with E-state index >= 15 is 0 Å². The van der Waals surface area contributed by atoms with Crippen LogP contribution >= 0.6 is 15.9 Å². The van der Waals surface area contributed by atoms with E-state index < -0.39 is 0 Å². The van der Waals surface area contributed by atoms with Crippen molar-refractivity contribution in [2.45, 2.75) is 57.4 Å². The average molecular weight is 496 g/mol. The molecule has 1 aromatic heterocycles. The van der Waals surface area contributed by atoms with Crippen LogP contribution in [-0.2, 0) is 0 Å². The molecule has 2 heterocycles. The summed E-state index contributed by atoms with van der Waals surface area (Å²) in [6, 6.07) is 11.7. The molecule has 0 radical (unpaired) electrons. The number of pyridine rings is 1. The number of nitrogens with zero attached hydrogens (tertiary/aromatic N) is 2. The topological polar surface area (TPSA) is 62.3 Å². The first-order valence-electron chi connectivity index (χ1n) is 11.8. The molecule has 1 saturated heterocycles. The molecule has 0 spiro atoms. The van der Waals surface area contributed by atoms with Crippen LogP contribution in [0.1, 0.15) is 76.5 Å². The predicted octanol–water partition coefficient (Wildman–Crippen LogP) is 5.09. The van der Waals surface area contributed by atoms with Crippen molar-refractivity contribution in [1.82, 2.24) is 15.2 Å². The van der Waals surface area contributed by atoms with E-state index in [1.807, 2.05) is 48.2 Å². The second-order valence-electron chi connectivity index (χ2n) is 9.72. The van der Waals surface area contributed by atoms with Crippen LogP contribution in [0.2, 0.25) is 0 Å². The summed E-state index contributed by atoms with van der Waals surface area (Å²) in [5, 5.41) is 3.33. The third-order valence-electron chi connectivity index (χ3n) is 7.60. The van der Waals surface area contributed by atoms with Gasteiger partial charge in [0.25, 0.3) is 11.8 Å². The van der Waals surface area contributed by atoms with Crippen molar-refractivity contribution in [3.63, 3.8) is 0 Å². The highest BCUT2D eigenvalue weighted by Gasteiger charge is 2.40. The van der Waals surface area contributed by atoms with Gasteiger partial charge in [0.05, 0.1) is 11.3 Å². The molecule has 168 valence electrons. The number of hydrogen-bond donors (Lipinski definition) is 1. The summed E-state index contributed by atoms with van der Waals surface area (Å²) in [6.45, 7) is 3.34. The Bertz CT molecular complexity index is 1030. The lowest BCUT2D eigenvalue weighted by Crippen LogP contribution is -2.40. The van der Waals surface area contributed by atoms with Crippen LogP contribution in [0.25, 0.3) is 0 Å². The average Bonchev–Trinajstić information content (AvgIpc) is 3.42. The van der Waals surface area contributed by atoms with Crippen molar-refractivity contribution >= 4 is 27.7 Å². The van der Waals surface area contributed by atoms with Crippen LogP contribution in [0.5, 0.6) is 0 Å². The zero-order valence-corrected chi connectivity index (χ0v) is 20.1. The van der Waals surface area contributed by atoms with E-state index in [2.05, 4.69) is 21.2 Å². The molecular formula is C26H30BrN3O2. The van der Waals surface area contributed by atoms with Gasteiger partial charge in [-0.15, -0.1) is 0 Å². The molecule has 6 heteroatoms. The zero-order valence-electron chi connectivity index (χ0n) is 18.5. The first-order valence-corrected chi connectivity index (χ1v) is 12.6. The second kappa shape index (κ2) is 8.97. The Kier molecular flexibility index (Phi) is 6.06. The molecule has 1 N–H and O–H groups in total. The van der Waals surface area contributed by atoms with Gasteiger partial charge in [0.1, 0.15) is 0 Å². The summed E-state index contributed by atoms with van der Waals surface area (Å²) in [7, 11) is 0. The number of nitrogens with one attached hydrogen (secondary N) is 1. The fourth-order valence-electron chi connectivity index (χ4n) is 5.91. The van der Waals surface area contributed by atoms with Crippen molar-refractivity contribution in [2.24, 2.45) is 11.8 Å². The van der Waals surface area contributed by atoms with E-state index in [1.165, 1.54) is 19.3 Å². The fourth-order valence-corrected chi connectivity index (χ4v) is 6.31. The lowest BCUT2D eigenvalue weighted by molar-refractivity contribution is 0.0710. The molecule has 1 aliphatic heterocycles. The second-order valence-corrected chi connectivity index (χ2v) is 10.6. The highest BCUT2D eigenvalue weighted by molar-refractivity contribution is 9.10. The van der Waals surface area contributed by atoms with E-state index in [9.17, 15) is 9.59 Å². The monoisotopic (exact) mass is 495 g/mol. The van der Waals surface area contributed by atoms with Crippen molar-refractivity contribution in [3.8, 4) is 0 Å². The molecule has 32 heavy (non-hydrogen) atoms. The maximum atomic E-state index is 13.2. The number of carbonyl (C=O) groups excluding carboxylic acids is 2. The molecule has 3 atom stereocenters. The number of halogens is 1. The third-order valence-corrected chi connectivity index (χ3v) is 8.10. The van der Waals surface area contributed by atoms with E-state index in [4.69, 9.17) is 4.98 Å². The standard InChI is InChI=1S/C26H30BrN3O2/c1-16-5-8-22(25(31)29-23-14-17-6-7-19(23)13-17)24(28-16)18-9-11-30(12-10-18)26(32)20-3-2-4-21(27)15-20/h2-5,8,15,17-19,23H,6-7,9-14H2,1H3,(H,29,31)/t17-,19-,23+/m0/s1. The smallest absolute Gasteiger partial charge is 0.253 e. The Balaban J connectivity index is 1.27. The molecule has 2 saturated carbocycles. The summed E-state index contributed by atoms with van der Waals surface area (Å²) < 4.78 is 0.910. The Morgan fingerprint density at radius 2 is 1.88 bits per heavy atom. The van der Waals surface area contributed by atoms with Crippen molar-refractivity contribution < 1.29 is 9.59 Å². The Hall–Kier alpha value is -2.21. The van der Waals surface area contributed by atoms with Gasteiger partial charge in [-0.3, -0.25) is 14.6 Å². The number of amides is 2. The number of carbonyl (C=O) groups is 2. The molecule has 2 aromatic rings. The van der Waals surface area contributed by atoms with E-state index in [1.54, 1.807) is 0 Å². The third kappa shape index (κ3) is 4.34. The molecule has 5 rings (SSSR count). The maximum Gasteiger partial charge on any atom is 0.253 e. The van der Waals surface area contributed by atoms with Gasteiger partial charge in [0, 0.05) is 40.8 Å². The number of aryl methyl sites for hydroxylation is 1. The van der Waals surface area contributed by atoms with Crippen molar-refractivity contribution in [1.29, 1.82) is 0 Å². The Labute approximate surface area is 198 Å². The summed E-state index contributed by atoms with van der Waals surface area (Å²) in [5.74, 6) is 1.74. The van der Waals surface area contributed by atoms with Gasteiger partial charge >= 0.3 is 0 Å². The van der Waals surface area contributed by atoms with E-state index in [0.717, 1.165) is 46.6 Å². The summed E-state index contributed by atoms with van der Waals surface area (Å²) in [5.41, 5.74) is 3.26. The highest BCUT2D eigenvalue weighted by Crippen LogP contribution is 2.44. The van der Waals surface area contributed by atoms with Gasteiger partial charge in [-0.25, -0.2) is 0 Å². The molecule has 3 aliphatic rings. The number of aromatic nitrogens is 1. The van der Waals surface area contributed by atoms with E-state index in [0.29, 0.717) is 30.6 Å². The lowest BCUT2D eigenvalue weighted by Gasteiger charge is -2.33. The minimum Gasteiger partial charge on any atom is -0.349 e. The van der Waals surface area contributed by atoms with Gasteiger partial charge in [0.15, 0.2) is 0 Å². The normalized spacial score (nSPS) is 25.2. The minimum atomic E-state index is 0.0256. The van der Waals surface area contributed by atoms with Crippen LogP contribution in [0.3, 0.4) is 0 Å². The summed E-state index contributed by atoms with van der Waals surface area (Å²) in [6.07, 6.45) is 6.62. The quantitative estimate of drug-likeness (QED) is 0.642. The number of rotatable bonds is 4. The van der Waals surface area contributed by atoms with Gasteiger partial charge in [-0.2, -0.15) is 0 Å². The first kappa shape index (κ1) is 21.6. The summed E-state index contributed by atoms with van der Waals surface area (Å²) >= 11 is 3.45.